The molecule has 1 aromatic heterocycles. The number of pyridine rings is 1. The van der Waals surface area contributed by atoms with Crippen LogP contribution in [0.3, 0.4) is 0 Å². The van der Waals surface area contributed by atoms with E-state index in [4.69, 9.17) is 5.73 Å². The van der Waals surface area contributed by atoms with E-state index in [2.05, 4.69) is 9.72 Å². The molecule has 0 saturated heterocycles. The Morgan fingerprint density at radius 3 is 2.69 bits per heavy atom. The Labute approximate surface area is 72.3 Å². The maximum Gasteiger partial charge on any atom is 0.270 e. The van der Waals surface area contributed by atoms with E-state index in [1.54, 1.807) is 0 Å². The van der Waals surface area contributed by atoms with E-state index in [9.17, 15) is 13.6 Å². The van der Waals surface area contributed by atoms with Crippen molar-refractivity contribution in [1.29, 1.82) is 0 Å². The minimum absolute atomic E-state index is 0.268. The number of hydrogen-bond donors (Lipinski definition) is 2. The Kier molecular flexibility index (Phi) is 2.50. The van der Waals surface area contributed by atoms with Crippen LogP contribution in [0.2, 0.25) is 0 Å². The molecule has 1 rings (SSSR count). The molecule has 0 fully saturated rings. The van der Waals surface area contributed by atoms with Gasteiger partial charge in [-0.05, 0) is 0 Å². The van der Waals surface area contributed by atoms with Crippen molar-refractivity contribution in [3.8, 4) is 5.88 Å². The second-order valence-corrected chi connectivity index (χ2v) is 2.34. The smallest absolute Gasteiger partial charge is 0.270 e. The lowest BCUT2D eigenvalue weighted by atomic mass is 10.2. The molecule has 0 saturated carbocycles. The monoisotopic (exact) mass is 190 g/mol. The molecule has 0 spiro atoms. The van der Waals surface area contributed by atoms with E-state index in [1.165, 1.54) is 7.11 Å². The maximum absolute atomic E-state index is 12.3. The van der Waals surface area contributed by atoms with Crippen LogP contribution in [0.25, 0.3) is 0 Å². The van der Waals surface area contributed by atoms with Crippen LogP contribution >= 0.6 is 0 Å². The molecule has 13 heavy (non-hydrogen) atoms. The summed E-state index contributed by atoms with van der Waals surface area (Å²) < 4.78 is 29.2. The van der Waals surface area contributed by atoms with Crippen molar-refractivity contribution in [2.45, 2.75) is 6.43 Å². The normalized spacial score (nSPS) is 10.5. The molecule has 0 radical (unpaired) electrons. The fourth-order valence-electron chi connectivity index (χ4n) is 0.951. The SMILES string of the molecule is COc1[nH]c(=O)cc(N)c1C(F)F. The van der Waals surface area contributed by atoms with Gasteiger partial charge in [0.1, 0.15) is 5.56 Å². The van der Waals surface area contributed by atoms with E-state index in [0.29, 0.717) is 0 Å². The van der Waals surface area contributed by atoms with E-state index >= 15 is 0 Å². The summed E-state index contributed by atoms with van der Waals surface area (Å²) in [6.07, 6.45) is -2.77. The quantitative estimate of drug-likeness (QED) is 0.728. The third kappa shape index (κ3) is 1.77. The predicted molar refractivity (Wildman–Crippen MR) is 43.0 cm³/mol. The summed E-state index contributed by atoms with van der Waals surface area (Å²) in [5.41, 5.74) is 3.90. The number of alkyl halides is 2. The van der Waals surface area contributed by atoms with Gasteiger partial charge < -0.3 is 10.5 Å². The van der Waals surface area contributed by atoms with Gasteiger partial charge in [0.2, 0.25) is 5.88 Å². The lowest BCUT2D eigenvalue weighted by molar-refractivity contribution is 0.147. The van der Waals surface area contributed by atoms with Gasteiger partial charge in [-0.3, -0.25) is 9.78 Å². The van der Waals surface area contributed by atoms with Crippen LogP contribution in [-0.4, -0.2) is 12.1 Å². The topological polar surface area (TPSA) is 68.1 Å². The van der Waals surface area contributed by atoms with E-state index in [-0.39, 0.29) is 11.6 Å². The van der Waals surface area contributed by atoms with E-state index in [0.717, 1.165) is 6.07 Å². The molecule has 0 aliphatic rings. The Morgan fingerprint density at radius 2 is 2.23 bits per heavy atom. The third-order valence-electron chi connectivity index (χ3n) is 1.50. The second kappa shape index (κ2) is 3.42. The maximum atomic E-state index is 12.3. The minimum atomic E-state index is -2.77. The van der Waals surface area contributed by atoms with Gasteiger partial charge in [-0.25, -0.2) is 8.78 Å². The first-order valence-electron chi connectivity index (χ1n) is 3.41. The highest BCUT2D eigenvalue weighted by Gasteiger charge is 2.18. The van der Waals surface area contributed by atoms with Gasteiger partial charge in [0.15, 0.2) is 0 Å². The minimum Gasteiger partial charge on any atom is -0.482 e. The fourth-order valence-corrected chi connectivity index (χ4v) is 0.951. The molecule has 0 aliphatic heterocycles. The van der Waals surface area contributed by atoms with Crippen molar-refractivity contribution in [2.75, 3.05) is 12.8 Å². The van der Waals surface area contributed by atoms with Crippen LogP contribution < -0.4 is 16.0 Å². The first-order valence-corrected chi connectivity index (χ1v) is 3.41. The molecular formula is C7H8F2N2O2. The molecule has 0 aromatic carbocycles. The molecule has 0 bridgehead atoms. The van der Waals surface area contributed by atoms with Crippen LogP contribution in [0.1, 0.15) is 12.0 Å². The number of anilines is 1. The Bertz CT molecular complexity index is 362. The summed E-state index contributed by atoms with van der Waals surface area (Å²) >= 11 is 0. The Hall–Kier alpha value is -1.59. The molecule has 0 atom stereocenters. The zero-order valence-electron chi connectivity index (χ0n) is 6.80. The molecule has 72 valence electrons. The number of halogens is 2. The van der Waals surface area contributed by atoms with Crippen LogP contribution in [0.5, 0.6) is 5.88 Å². The average molecular weight is 190 g/mol. The number of nitrogen functional groups attached to an aromatic ring is 1. The van der Waals surface area contributed by atoms with E-state index in [1.807, 2.05) is 0 Å². The Balaban J connectivity index is 3.38. The summed E-state index contributed by atoms with van der Waals surface area (Å²) in [4.78, 5) is 12.9. The van der Waals surface area contributed by atoms with Gasteiger partial charge in [0, 0.05) is 6.07 Å². The number of aromatic amines is 1. The summed E-state index contributed by atoms with van der Waals surface area (Å²) in [7, 11) is 1.18. The van der Waals surface area contributed by atoms with Crippen molar-refractivity contribution in [1.82, 2.24) is 4.98 Å². The highest BCUT2D eigenvalue weighted by atomic mass is 19.3. The van der Waals surface area contributed by atoms with Crippen LogP contribution in [0.15, 0.2) is 10.9 Å². The fraction of sp³-hybridized carbons (Fsp3) is 0.286. The van der Waals surface area contributed by atoms with Gasteiger partial charge in [0.25, 0.3) is 12.0 Å². The largest absolute Gasteiger partial charge is 0.482 e. The molecule has 0 aliphatic carbocycles. The first kappa shape index (κ1) is 9.50. The standard InChI is InChI=1S/C7H8F2N2O2/c1-13-7-5(6(8)9)3(10)2-4(12)11-7/h2,6H,1H3,(H3,10,11,12). The van der Waals surface area contributed by atoms with Gasteiger partial charge in [-0.1, -0.05) is 0 Å². The van der Waals surface area contributed by atoms with Crippen molar-refractivity contribution in [2.24, 2.45) is 0 Å². The molecule has 0 amide bonds. The third-order valence-corrected chi connectivity index (χ3v) is 1.50. The van der Waals surface area contributed by atoms with Crippen molar-refractivity contribution < 1.29 is 13.5 Å². The molecule has 1 aromatic rings. The molecule has 3 N–H and O–H groups in total. The average Bonchev–Trinajstić information content (AvgIpc) is 2.01. The molecule has 1 heterocycles. The number of nitrogens with one attached hydrogen (secondary N) is 1. The molecule has 6 heteroatoms. The predicted octanol–water partition coefficient (Wildman–Crippen LogP) is 0.903. The number of H-pyrrole nitrogens is 1. The van der Waals surface area contributed by atoms with Crippen molar-refractivity contribution in [3.05, 3.63) is 22.0 Å². The number of rotatable bonds is 2. The van der Waals surface area contributed by atoms with Gasteiger partial charge in [-0.2, -0.15) is 0 Å². The van der Waals surface area contributed by atoms with Crippen molar-refractivity contribution in [3.63, 3.8) is 0 Å². The van der Waals surface area contributed by atoms with Crippen LogP contribution in [-0.2, 0) is 0 Å². The molecule has 4 nitrogen and oxygen atoms in total. The van der Waals surface area contributed by atoms with Crippen LogP contribution in [0, 0.1) is 0 Å². The highest BCUT2D eigenvalue weighted by molar-refractivity contribution is 5.51. The lowest BCUT2D eigenvalue weighted by Gasteiger charge is -2.08. The van der Waals surface area contributed by atoms with Gasteiger partial charge in [-0.15, -0.1) is 0 Å². The van der Waals surface area contributed by atoms with Crippen LogP contribution in [0.4, 0.5) is 14.5 Å². The first-order chi connectivity index (χ1) is 6.06. The van der Waals surface area contributed by atoms with Crippen molar-refractivity contribution >= 4 is 5.69 Å². The van der Waals surface area contributed by atoms with E-state index < -0.39 is 17.5 Å². The zero-order chi connectivity index (χ0) is 10.0. The number of aromatic nitrogens is 1. The summed E-state index contributed by atoms with van der Waals surface area (Å²) in [6, 6.07) is 0.893. The summed E-state index contributed by atoms with van der Waals surface area (Å²) in [5, 5.41) is 0. The molecular weight excluding hydrogens is 182 g/mol. The number of methoxy groups -OCH3 is 1. The van der Waals surface area contributed by atoms with Gasteiger partial charge >= 0.3 is 0 Å². The molecule has 0 unspecified atom stereocenters. The summed E-state index contributed by atoms with van der Waals surface area (Å²) in [6.45, 7) is 0. The number of nitrogens with two attached hydrogens (primary N) is 1. The Morgan fingerprint density at radius 1 is 1.62 bits per heavy atom. The van der Waals surface area contributed by atoms with Gasteiger partial charge in [0.05, 0.1) is 12.8 Å². The second-order valence-electron chi connectivity index (χ2n) is 2.34. The summed E-state index contributed by atoms with van der Waals surface area (Å²) in [5.74, 6) is -0.292. The number of ether oxygens (including phenoxy) is 1. The highest BCUT2D eigenvalue weighted by Crippen LogP contribution is 2.30. The number of hydrogen-bond acceptors (Lipinski definition) is 3. The zero-order valence-corrected chi connectivity index (χ0v) is 6.80. The lowest BCUT2D eigenvalue weighted by Crippen LogP contribution is -2.11.